The molecular weight excluding hydrogens is 403 g/mol. The summed E-state index contributed by atoms with van der Waals surface area (Å²) in [6, 6.07) is 15.6. The molecule has 31 heavy (non-hydrogen) atoms. The Morgan fingerprint density at radius 1 is 1.10 bits per heavy atom. The van der Waals surface area contributed by atoms with Gasteiger partial charge in [-0.1, -0.05) is 24.3 Å². The zero-order valence-electron chi connectivity index (χ0n) is 16.2. The molecule has 156 valence electrons. The largest absolute Gasteiger partial charge is 0.439 e. The summed E-state index contributed by atoms with van der Waals surface area (Å²) in [5.41, 5.74) is -0.0881. The predicted molar refractivity (Wildman–Crippen MR) is 111 cm³/mol. The number of rotatable bonds is 6. The maximum atomic E-state index is 13.2. The smallest absolute Gasteiger partial charge is 0.329 e. The summed E-state index contributed by atoms with van der Waals surface area (Å²) in [5, 5.41) is 2.97. The molecule has 0 unspecified atom stereocenters. The van der Waals surface area contributed by atoms with Crippen LogP contribution in [0.5, 0.6) is 11.6 Å². The number of carbonyl (C=O) groups excluding carboxylic acids is 1. The number of pyridine rings is 1. The summed E-state index contributed by atoms with van der Waals surface area (Å²) >= 11 is 0. The van der Waals surface area contributed by atoms with Crippen LogP contribution in [-0.4, -0.2) is 20.4 Å². The Bertz CT molecular complexity index is 1360. The SMILES string of the molecule is O=C(Cn1c(=O)[nH]c2ccccc2c1=O)NCc1ccc(Oc2cccc(F)c2)nc1. The second-order valence-corrected chi connectivity index (χ2v) is 6.71. The van der Waals surface area contributed by atoms with E-state index in [9.17, 15) is 18.8 Å². The van der Waals surface area contributed by atoms with Crippen molar-refractivity contribution >= 4 is 16.8 Å². The lowest BCUT2D eigenvalue weighted by Gasteiger charge is -2.09. The van der Waals surface area contributed by atoms with Crippen LogP contribution in [0.25, 0.3) is 10.9 Å². The first-order valence-electron chi connectivity index (χ1n) is 9.36. The molecule has 4 aromatic rings. The number of benzene rings is 2. The normalized spacial score (nSPS) is 10.7. The molecule has 0 spiro atoms. The molecule has 0 fully saturated rings. The Morgan fingerprint density at radius 2 is 1.94 bits per heavy atom. The Kier molecular flexibility index (Phi) is 5.57. The first kappa shape index (κ1) is 20.0. The number of hydrogen-bond donors (Lipinski definition) is 2. The van der Waals surface area contributed by atoms with Gasteiger partial charge in [0.2, 0.25) is 11.8 Å². The lowest BCUT2D eigenvalue weighted by molar-refractivity contribution is -0.121. The molecule has 8 nitrogen and oxygen atoms in total. The van der Waals surface area contributed by atoms with Crippen molar-refractivity contribution in [2.45, 2.75) is 13.1 Å². The van der Waals surface area contributed by atoms with Crippen molar-refractivity contribution in [3.63, 3.8) is 0 Å². The van der Waals surface area contributed by atoms with E-state index < -0.39 is 29.5 Å². The van der Waals surface area contributed by atoms with Gasteiger partial charge in [0.05, 0.1) is 10.9 Å². The Hall–Kier alpha value is -4.27. The molecule has 1 amide bonds. The van der Waals surface area contributed by atoms with Gasteiger partial charge in [-0.3, -0.25) is 14.2 Å². The van der Waals surface area contributed by atoms with Crippen molar-refractivity contribution in [2.24, 2.45) is 0 Å². The van der Waals surface area contributed by atoms with Crippen molar-refractivity contribution in [2.75, 3.05) is 0 Å². The number of fused-ring (bicyclic) bond motifs is 1. The van der Waals surface area contributed by atoms with Gasteiger partial charge in [-0.15, -0.1) is 0 Å². The highest BCUT2D eigenvalue weighted by Gasteiger charge is 2.11. The first-order chi connectivity index (χ1) is 15.0. The van der Waals surface area contributed by atoms with Gasteiger partial charge in [0.25, 0.3) is 5.56 Å². The van der Waals surface area contributed by atoms with Crippen LogP contribution in [0.2, 0.25) is 0 Å². The van der Waals surface area contributed by atoms with Crippen LogP contribution < -0.4 is 21.3 Å². The fourth-order valence-electron chi connectivity index (χ4n) is 2.97. The molecular formula is C22H17FN4O4. The van der Waals surface area contributed by atoms with E-state index in [2.05, 4.69) is 15.3 Å². The predicted octanol–water partition coefficient (Wildman–Crippen LogP) is 2.33. The van der Waals surface area contributed by atoms with Crippen LogP contribution >= 0.6 is 0 Å². The van der Waals surface area contributed by atoms with Crippen LogP contribution in [0, 0.1) is 5.82 Å². The summed E-state index contributed by atoms with van der Waals surface area (Å²) in [5.74, 6) is -0.321. The van der Waals surface area contributed by atoms with Crippen LogP contribution in [0.4, 0.5) is 4.39 Å². The third-order valence-corrected chi connectivity index (χ3v) is 4.50. The molecule has 0 atom stereocenters. The Morgan fingerprint density at radius 3 is 2.71 bits per heavy atom. The van der Waals surface area contributed by atoms with E-state index in [1.54, 1.807) is 42.5 Å². The van der Waals surface area contributed by atoms with E-state index in [1.807, 2.05) is 0 Å². The number of nitrogens with one attached hydrogen (secondary N) is 2. The van der Waals surface area contributed by atoms with Crippen LogP contribution in [0.15, 0.2) is 76.4 Å². The minimum atomic E-state index is -0.653. The molecule has 0 aliphatic heterocycles. The third-order valence-electron chi connectivity index (χ3n) is 4.50. The van der Waals surface area contributed by atoms with E-state index in [1.165, 1.54) is 24.4 Å². The molecule has 2 aromatic heterocycles. The lowest BCUT2D eigenvalue weighted by atomic mass is 10.2. The number of ether oxygens (including phenoxy) is 1. The van der Waals surface area contributed by atoms with Crippen LogP contribution in [0.1, 0.15) is 5.56 Å². The van der Waals surface area contributed by atoms with E-state index in [0.29, 0.717) is 22.2 Å². The van der Waals surface area contributed by atoms with Gasteiger partial charge >= 0.3 is 5.69 Å². The second kappa shape index (κ2) is 8.62. The third kappa shape index (κ3) is 4.67. The molecule has 0 saturated heterocycles. The highest BCUT2D eigenvalue weighted by molar-refractivity contribution is 5.78. The van der Waals surface area contributed by atoms with Gasteiger partial charge in [0, 0.05) is 24.9 Å². The molecule has 0 saturated carbocycles. The number of aromatic amines is 1. The first-order valence-corrected chi connectivity index (χ1v) is 9.36. The van der Waals surface area contributed by atoms with Gasteiger partial charge in [0.15, 0.2) is 0 Å². The van der Waals surface area contributed by atoms with Crippen molar-refractivity contribution in [1.29, 1.82) is 0 Å². The molecule has 0 radical (unpaired) electrons. The van der Waals surface area contributed by atoms with Crippen molar-refractivity contribution in [3.8, 4) is 11.6 Å². The van der Waals surface area contributed by atoms with Gasteiger partial charge in [-0.2, -0.15) is 0 Å². The van der Waals surface area contributed by atoms with Gasteiger partial charge in [-0.25, -0.2) is 14.2 Å². The Balaban J connectivity index is 1.38. The maximum Gasteiger partial charge on any atom is 0.329 e. The summed E-state index contributed by atoms with van der Waals surface area (Å²) in [6.45, 7) is -0.264. The monoisotopic (exact) mass is 420 g/mol. The zero-order valence-corrected chi connectivity index (χ0v) is 16.2. The number of nitrogens with zero attached hydrogens (tertiary/aromatic N) is 2. The van der Waals surface area contributed by atoms with E-state index in [-0.39, 0.29) is 12.4 Å². The molecule has 2 heterocycles. The number of H-pyrrole nitrogens is 1. The van der Waals surface area contributed by atoms with Crippen molar-refractivity contribution in [3.05, 3.63) is 99.1 Å². The Labute approximate surface area is 175 Å². The molecule has 2 aromatic carbocycles. The number of amides is 1. The van der Waals surface area contributed by atoms with Crippen molar-refractivity contribution < 1.29 is 13.9 Å². The van der Waals surface area contributed by atoms with Crippen LogP contribution in [0.3, 0.4) is 0 Å². The number of hydrogen-bond acceptors (Lipinski definition) is 5. The summed E-state index contributed by atoms with van der Waals surface area (Å²) < 4.78 is 19.5. The summed E-state index contributed by atoms with van der Waals surface area (Å²) in [4.78, 5) is 43.6. The second-order valence-electron chi connectivity index (χ2n) is 6.71. The number of para-hydroxylation sites is 1. The molecule has 0 aliphatic rings. The summed E-state index contributed by atoms with van der Waals surface area (Å²) in [7, 11) is 0. The number of aromatic nitrogens is 3. The van der Waals surface area contributed by atoms with Gasteiger partial charge < -0.3 is 15.0 Å². The van der Waals surface area contributed by atoms with Gasteiger partial charge in [-0.05, 0) is 29.8 Å². The average Bonchev–Trinajstić information content (AvgIpc) is 2.76. The van der Waals surface area contributed by atoms with Crippen molar-refractivity contribution in [1.82, 2.24) is 19.9 Å². The molecule has 0 aliphatic carbocycles. The average molecular weight is 420 g/mol. The van der Waals surface area contributed by atoms with Gasteiger partial charge in [0.1, 0.15) is 18.1 Å². The molecule has 0 bridgehead atoms. The maximum absolute atomic E-state index is 13.2. The molecule has 2 N–H and O–H groups in total. The van der Waals surface area contributed by atoms with E-state index in [0.717, 1.165) is 4.57 Å². The lowest BCUT2D eigenvalue weighted by Crippen LogP contribution is -2.40. The minimum absolute atomic E-state index is 0.145. The molecule has 4 rings (SSSR count). The highest BCUT2D eigenvalue weighted by Crippen LogP contribution is 2.19. The fourth-order valence-corrected chi connectivity index (χ4v) is 2.97. The zero-order chi connectivity index (χ0) is 21.8. The highest BCUT2D eigenvalue weighted by atomic mass is 19.1. The van der Waals surface area contributed by atoms with Crippen LogP contribution in [-0.2, 0) is 17.9 Å². The fraction of sp³-hybridized carbons (Fsp3) is 0.0909. The molecule has 9 heteroatoms. The van der Waals surface area contributed by atoms with E-state index in [4.69, 9.17) is 4.74 Å². The van der Waals surface area contributed by atoms with E-state index >= 15 is 0 Å². The number of carbonyl (C=O) groups is 1. The minimum Gasteiger partial charge on any atom is -0.439 e. The topological polar surface area (TPSA) is 106 Å². The number of halogens is 1. The summed E-state index contributed by atoms with van der Waals surface area (Å²) in [6.07, 6.45) is 1.50. The standard InChI is InChI=1S/C22H17FN4O4/c23-15-4-3-5-16(10-15)31-20-9-8-14(12-25-20)11-24-19(28)13-27-21(29)17-6-1-2-7-18(17)26-22(27)30/h1-10,12H,11,13H2,(H,24,28)(H,26,30). The quantitative estimate of drug-likeness (QED) is 0.498.